The molecule has 0 aliphatic rings. The maximum Gasteiger partial charge on any atom is 0.179 e. The van der Waals surface area contributed by atoms with Crippen molar-refractivity contribution in [2.75, 3.05) is 0 Å². The first-order valence-corrected chi connectivity index (χ1v) is 43.4. The molecule has 0 radical (unpaired) electrons. The molecule has 19 aromatic carbocycles. The van der Waals surface area contributed by atoms with Crippen molar-refractivity contribution < 1.29 is 0 Å². The molecule has 5 nitrogen and oxygen atoms in total. The topological polar surface area (TPSA) is 43.5 Å². The summed E-state index contributed by atoms with van der Waals surface area (Å²) in [6.45, 7) is 0. The molecule has 4 aromatic heterocycles. The van der Waals surface area contributed by atoms with Gasteiger partial charge in [-0.2, -0.15) is 5.26 Å². The van der Waals surface area contributed by atoms with E-state index in [0.717, 1.165) is 44.9 Å². The number of fused-ring (bicyclic) bond motifs is 12. The Kier molecular flexibility index (Phi) is 17.9. The van der Waals surface area contributed by atoms with Crippen LogP contribution in [0.15, 0.2) is 467 Å². The van der Waals surface area contributed by atoms with Crippen molar-refractivity contribution in [2.45, 2.75) is 0 Å². The minimum absolute atomic E-state index is 0.660. The molecule has 0 amide bonds. The van der Waals surface area contributed by atoms with Gasteiger partial charge >= 0.3 is 0 Å². The van der Waals surface area contributed by atoms with E-state index in [1.54, 1.807) is 0 Å². The van der Waals surface area contributed by atoms with Crippen LogP contribution in [0.1, 0.15) is 5.56 Å². The SMILES string of the molecule is N#Cc1cccc(-c2cccc(-n3c4ccccc4c4cc(-c5ccc6c(c5)c5ccccc5n6-c5cccc(-c6ccccc6)c5)ccc43)c2)c1.c1ccc(-c2cccc(-n3c4ccccc4c4cc(-c5ccc6c(c5)c5ccccc5n6-c5cccc(-c6cccc([Si](c7ccccc7)(c7ccccc7)c7ccccc7)c6)c5)ccc43)c2)cc1. The van der Waals surface area contributed by atoms with Crippen LogP contribution < -0.4 is 20.7 Å². The summed E-state index contributed by atoms with van der Waals surface area (Å²) in [6.07, 6.45) is 0. The Balaban J connectivity index is 0.000000151. The number of nitriles is 1. The van der Waals surface area contributed by atoms with Crippen molar-refractivity contribution in [3.63, 3.8) is 0 Å². The fourth-order valence-electron chi connectivity index (χ4n) is 19.0. The van der Waals surface area contributed by atoms with Crippen LogP contribution in [0.25, 0.3) is 177 Å². The number of hydrogen-bond donors (Lipinski definition) is 0. The Hall–Kier alpha value is -15.9. The largest absolute Gasteiger partial charge is 0.309 e. The van der Waals surface area contributed by atoms with E-state index in [1.165, 1.54) is 153 Å². The maximum absolute atomic E-state index is 9.49. The van der Waals surface area contributed by atoms with Gasteiger partial charge in [0, 0.05) is 65.8 Å². The van der Waals surface area contributed by atoms with Crippen molar-refractivity contribution in [3.05, 3.63) is 473 Å². The van der Waals surface area contributed by atoms with Crippen molar-refractivity contribution in [1.82, 2.24) is 18.3 Å². The minimum Gasteiger partial charge on any atom is -0.309 e. The smallest absolute Gasteiger partial charge is 0.179 e. The summed E-state index contributed by atoms with van der Waals surface area (Å²) in [4.78, 5) is 0. The zero-order chi connectivity index (χ0) is 80.3. The molecule has 0 N–H and O–H groups in total. The molecule has 121 heavy (non-hydrogen) atoms. The lowest BCUT2D eigenvalue weighted by Crippen LogP contribution is -2.74. The molecule has 23 aromatic rings. The molecule has 0 saturated heterocycles. The summed E-state index contributed by atoms with van der Waals surface area (Å²) in [5.41, 5.74) is 28.8. The van der Waals surface area contributed by atoms with E-state index in [-0.39, 0.29) is 0 Å². The van der Waals surface area contributed by atoms with E-state index in [0.29, 0.717) is 5.56 Å². The molecule has 0 atom stereocenters. The Bertz CT molecular complexity index is 7870. The second-order valence-electron chi connectivity index (χ2n) is 31.4. The number of hydrogen-bond acceptors (Lipinski definition) is 1. The highest BCUT2D eigenvalue weighted by atomic mass is 28.3. The van der Waals surface area contributed by atoms with Crippen LogP contribution >= 0.6 is 0 Å². The third-order valence-corrected chi connectivity index (χ3v) is 29.3. The van der Waals surface area contributed by atoms with Crippen LogP contribution in [-0.2, 0) is 0 Å². The van der Waals surface area contributed by atoms with Crippen molar-refractivity contribution in [2.24, 2.45) is 0 Å². The zero-order valence-corrected chi connectivity index (χ0v) is 67.2. The lowest BCUT2D eigenvalue weighted by atomic mass is 10.0. The van der Waals surface area contributed by atoms with Gasteiger partial charge < -0.3 is 18.3 Å². The van der Waals surface area contributed by atoms with Crippen molar-refractivity contribution >= 4 is 116 Å². The molecule has 0 aliphatic carbocycles. The van der Waals surface area contributed by atoms with E-state index >= 15 is 0 Å². The second kappa shape index (κ2) is 30.3. The molecule has 6 heteroatoms. The average Bonchev–Trinajstić information content (AvgIpc) is 1.72. The summed E-state index contributed by atoms with van der Waals surface area (Å²) < 4.78 is 9.60. The number of rotatable bonds is 14. The van der Waals surface area contributed by atoms with E-state index in [2.05, 4.69) is 473 Å². The van der Waals surface area contributed by atoms with Gasteiger partial charge in [-0.3, -0.25) is 0 Å². The second-order valence-corrected chi connectivity index (χ2v) is 35.2. The van der Waals surface area contributed by atoms with Gasteiger partial charge in [-0.25, -0.2) is 0 Å². The summed E-state index contributed by atoms with van der Waals surface area (Å²) >= 11 is 0. The van der Waals surface area contributed by atoms with E-state index in [4.69, 9.17) is 0 Å². The van der Waals surface area contributed by atoms with E-state index in [1.807, 2.05) is 18.2 Å². The highest BCUT2D eigenvalue weighted by molar-refractivity contribution is 7.20. The fraction of sp³-hybridized carbons (Fsp3) is 0. The predicted molar refractivity (Wildman–Crippen MR) is 511 cm³/mol. The molecular formula is C115H77N5Si. The van der Waals surface area contributed by atoms with Gasteiger partial charge in [0.15, 0.2) is 8.07 Å². The van der Waals surface area contributed by atoms with Crippen LogP contribution in [0, 0.1) is 11.3 Å². The summed E-state index contributed by atoms with van der Waals surface area (Å²) in [6, 6.07) is 172. The van der Waals surface area contributed by atoms with Crippen molar-refractivity contribution in [1.29, 1.82) is 5.26 Å². The van der Waals surface area contributed by atoms with Crippen LogP contribution in [0.2, 0.25) is 0 Å². The van der Waals surface area contributed by atoms with E-state index in [9.17, 15) is 5.26 Å². The van der Waals surface area contributed by atoms with Crippen LogP contribution in [0.5, 0.6) is 0 Å². The van der Waals surface area contributed by atoms with Gasteiger partial charge in [0.05, 0.1) is 55.8 Å². The lowest BCUT2D eigenvalue weighted by molar-refractivity contribution is 1.18. The predicted octanol–water partition coefficient (Wildman–Crippen LogP) is 27.0. The normalized spacial score (nSPS) is 11.6. The van der Waals surface area contributed by atoms with Gasteiger partial charge in [0.1, 0.15) is 0 Å². The van der Waals surface area contributed by atoms with Crippen LogP contribution in [0.3, 0.4) is 0 Å². The number of nitrogens with zero attached hydrogens (tertiary/aromatic N) is 5. The first kappa shape index (κ1) is 71.6. The highest BCUT2D eigenvalue weighted by Crippen LogP contribution is 2.43. The Morgan fingerprint density at radius 1 is 0.157 bits per heavy atom. The standard InChI is InChI=1S/C66H46N2Si.C49H31N3/c1-5-20-47(21-6-1)48-22-17-25-53(42-48)67-63-36-15-13-34-59(63)61-45-51(38-40-65(61)67)52-39-41-66-62(46-52)60-35-14-16-37-64(60)68(66)54-26-18-23-49(43-54)50-24-19-33-58(44-50)69(55-27-7-2-8-28-55,56-29-9-3-10-30-56)57-31-11-4-12-32-57;50-32-33-11-8-14-35(27-33)37-16-10-18-41(29-37)52-47-22-7-5-20-43(47)45-31-39(24-26-49(45)52)38-23-25-48-44(30-38)42-19-4-6-21-46(42)51(48)40-17-9-15-36(28-40)34-12-2-1-3-13-34/h1-46H;1-31H. The Morgan fingerprint density at radius 2 is 0.380 bits per heavy atom. The van der Waals surface area contributed by atoms with Crippen molar-refractivity contribution in [3.8, 4) is 95.6 Å². The molecule has 4 heterocycles. The zero-order valence-electron chi connectivity index (χ0n) is 66.2. The van der Waals surface area contributed by atoms with E-state index < -0.39 is 8.07 Å². The average molecular weight is 1560 g/mol. The molecule has 0 spiro atoms. The molecule has 23 rings (SSSR count). The number of aromatic nitrogens is 4. The first-order chi connectivity index (χ1) is 59.9. The molecular weight excluding hydrogens is 1480 g/mol. The van der Waals surface area contributed by atoms with Gasteiger partial charge in [-0.15, -0.1) is 0 Å². The molecule has 0 unspecified atom stereocenters. The Morgan fingerprint density at radius 3 is 0.694 bits per heavy atom. The molecule has 566 valence electrons. The molecule has 0 bridgehead atoms. The Labute approximate surface area is 703 Å². The summed E-state index contributed by atoms with van der Waals surface area (Å²) in [5, 5.41) is 24.8. The number of benzene rings is 19. The third-order valence-electron chi connectivity index (χ3n) is 24.6. The monoisotopic (exact) mass is 1560 g/mol. The molecule has 0 aliphatic heterocycles. The lowest BCUT2D eigenvalue weighted by Gasteiger charge is -2.34. The van der Waals surface area contributed by atoms with Gasteiger partial charge in [-0.1, -0.05) is 334 Å². The summed E-state index contributed by atoms with van der Waals surface area (Å²) in [7, 11) is -2.70. The third kappa shape index (κ3) is 12.5. The minimum atomic E-state index is -2.70. The van der Waals surface area contributed by atoms with Crippen LogP contribution in [0.4, 0.5) is 0 Å². The summed E-state index contributed by atoms with van der Waals surface area (Å²) in [5.74, 6) is 0. The van der Waals surface area contributed by atoms with Crippen LogP contribution in [-0.4, -0.2) is 26.3 Å². The van der Waals surface area contributed by atoms with Gasteiger partial charge in [0.2, 0.25) is 0 Å². The molecule has 0 saturated carbocycles. The fourth-order valence-corrected chi connectivity index (χ4v) is 23.8. The molecule has 0 fully saturated rings. The van der Waals surface area contributed by atoms with Gasteiger partial charge in [-0.05, 0) is 221 Å². The quantitative estimate of drug-likeness (QED) is 0.0790. The maximum atomic E-state index is 9.49. The number of para-hydroxylation sites is 4. The van der Waals surface area contributed by atoms with Gasteiger partial charge in [0.25, 0.3) is 0 Å². The highest BCUT2D eigenvalue weighted by Gasteiger charge is 2.41. The first-order valence-electron chi connectivity index (χ1n) is 41.4.